The van der Waals surface area contributed by atoms with Gasteiger partial charge in [0.1, 0.15) is 0 Å². The predicted octanol–water partition coefficient (Wildman–Crippen LogP) is 16.2. The molecule has 4 heteroatoms. The first-order valence-electron chi connectivity index (χ1n) is 22.5. The minimum absolute atomic E-state index is 0.623. The lowest BCUT2D eigenvalue weighted by Crippen LogP contribution is -2.29. The molecular weight excluding hydrogens is 813 g/mol. The number of anilines is 6. The van der Waals surface area contributed by atoms with Crippen LogP contribution in [-0.4, -0.2) is 0 Å². The van der Waals surface area contributed by atoms with Crippen LogP contribution in [0.2, 0.25) is 0 Å². The second-order valence-corrected chi connectivity index (χ2v) is 17.1. The van der Waals surface area contributed by atoms with Crippen LogP contribution >= 0.6 is 0 Å². The summed E-state index contributed by atoms with van der Waals surface area (Å²) >= 11 is 0. The van der Waals surface area contributed by atoms with Gasteiger partial charge in [-0.3, -0.25) is 0 Å². The van der Waals surface area contributed by atoms with Gasteiger partial charge in [0.25, 0.3) is 0 Å². The van der Waals surface area contributed by atoms with E-state index < -0.39 is 5.41 Å². The normalized spacial score (nSPS) is 12.3. The van der Waals surface area contributed by atoms with E-state index in [1.807, 2.05) is 60.7 Å². The summed E-state index contributed by atoms with van der Waals surface area (Å²) < 4.78 is 0. The maximum atomic E-state index is 9.69. The van der Waals surface area contributed by atoms with Crippen LogP contribution < -0.4 is 9.80 Å². The number of hydrogen-bond acceptors (Lipinski definition) is 4. The summed E-state index contributed by atoms with van der Waals surface area (Å²) in [6, 6.07) is 90.7. The van der Waals surface area contributed by atoms with Gasteiger partial charge in [-0.25, -0.2) is 0 Å². The first-order chi connectivity index (χ1) is 33.1. The molecule has 0 unspecified atom stereocenters. The number of nitriles is 2. The second kappa shape index (κ2) is 16.1. The topological polar surface area (TPSA) is 54.1 Å². The summed E-state index contributed by atoms with van der Waals surface area (Å²) in [6.45, 7) is 0. The van der Waals surface area contributed by atoms with Crippen LogP contribution in [-0.2, 0) is 5.41 Å². The Morgan fingerprint density at radius 1 is 0.328 bits per heavy atom. The van der Waals surface area contributed by atoms with Crippen LogP contribution in [0.1, 0.15) is 33.4 Å². The Bertz CT molecular complexity index is 3700. The van der Waals surface area contributed by atoms with E-state index in [2.05, 4.69) is 204 Å². The molecule has 0 atom stereocenters. The smallest absolute Gasteiger partial charge is 0.0991 e. The molecule has 0 aliphatic heterocycles. The lowest BCUT2D eigenvalue weighted by atomic mass is 9.66. The summed E-state index contributed by atoms with van der Waals surface area (Å²) in [5.41, 5.74) is 14.0. The van der Waals surface area contributed by atoms with E-state index in [0.717, 1.165) is 44.9 Å². The molecular formula is C63H40N4. The van der Waals surface area contributed by atoms with Crippen molar-refractivity contribution in [3.8, 4) is 23.3 Å². The fourth-order valence-electron chi connectivity index (χ4n) is 10.6. The number of hydrogen-bond donors (Lipinski definition) is 0. The maximum absolute atomic E-state index is 9.69. The molecule has 312 valence electrons. The Balaban J connectivity index is 1.16. The Hall–Kier alpha value is -9.22. The van der Waals surface area contributed by atoms with Gasteiger partial charge < -0.3 is 9.80 Å². The van der Waals surface area contributed by atoms with Gasteiger partial charge in [0.15, 0.2) is 0 Å². The van der Waals surface area contributed by atoms with Crippen LogP contribution in [0.3, 0.4) is 0 Å². The van der Waals surface area contributed by atoms with Gasteiger partial charge >= 0.3 is 0 Å². The number of rotatable bonds is 8. The highest BCUT2D eigenvalue weighted by Gasteiger charge is 2.48. The Morgan fingerprint density at radius 2 is 0.776 bits per heavy atom. The van der Waals surface area contributed by atoms with E-state index in [4.69, 9.17) is 0 Å². The average molecular weight is 853 g/mol. The van der Waals surface area contributed by atoms with E-state index in [-0.39, 0.29) is 0 Å². The van der Waals surface area contributed by atoms with Crippen LogP contribution in [0, 0.1) is 22.7 Å². The fourth-order valence-corrected chi connectivity index (χ4v) is 10.6. The third-order valence-corrected chi connectivity index (χ3v) is 13.5. The molecule has 12 rings (SSSR count). The molecule has 1 aliphatic rings. The standard InChI is InChI=1S/C63H40N4/c64-41-43-25-30-51(31-26-43)66(49-19-9-3-10-20-49)53-34-29-45-38-59-60(39-46(45)37-53)63(47-15-5-1-6-16-47,48-17-7-2-8-18-48)62-57-36-35-54(40-58(57)55-23-13-14-24-56(55)61(59)62)67(50-21-11-4-12-22-50)52-32-27-44(42-65)28-33-52/h1-40H. The summed E-state index contributed by atoms with van der Waals surface area (Å²) in [7, 11) is 0. The second-order valence-electron chi connectivity index (χ2n) is 17.1. The molecule has 0 spiro atoms. The van der Waals surface area contributed by atoms with Crippen LogP contribution in [0.5, 0.6) is 0 Å². The van der Waals surface area contributed by atoms with Crippen molar-refractivity contribution in [2.24, 2.45) is 0 Å². The molecule has 0 bridgehead atoms. The van der Waals surface area contributed by atoms with E-state index in [1.165, 1.54) is 54.9 Å². The van der Waals surface area contributed by atoms with Gasteiger partial charge in [0.05, 0.1) is 28.7 Å². The van der Waals surface area contributed by atoms with Crippen molar-refractivity contribution in [1.82, 2.24) is 0 Å². The average Bonchev–Trinajstić information content (AvgIpc) is 3.70. The van der Waals surface area contributed by atoms with Crippen molar-refractivity contribution in [3.05, 3.63) is 276 Å². The number of fused-ring (bicyclic) bond motifs is 9. The first kappa shape index (κ1) is 39.4. The lowest BCUT2D eigenvalue weighted by molar-refractivity contribution is 0.777. The summed E-state index contributed by atoms with van der Waals surface area (Å²) in [5.74, 6) is 0. The van der Waals surface area contributed by atoms with Gasteiger partial charge in [-0.05, 0) is 175 Å². The van der Waals surface area contributed by atoms with Gasteiger partial charge in [0, 0.05) is 34.1 Å². The summed E-state index contributed by atoms with van der Waals surface area (Å²) in [5, 5.41) is 26.4. The van der Waals surface area contributed by atoms with Crippen molar-refractivity contribution >= 4 is 66.4 Å². The van der Waals surface area contributed by atoms with Crippen LogP contribution in [0.15, 0.2) is 243 Å². The number of nitrogens with zero attached hydrogens (tertiary/aromatic N) is 4. The molecule has 11 aromatic rings. The third kappa shape index (κ3) is 6.35. The van der Waals surface area contributed by atoms with E-state index in [0.29, 0.717) is 11.1 Å². The molecule has 0 fully saturated rings. The zero-order valence-electron chi connectivity index (χ0n) is 36.4. The van der Waals surface area contributed by atoms with E-state index in [1.54, 1.807) is 0 Å². The van der Waals surface area contributed by atoms with Gasteiger partial charge in [-0.15, -0.1) is 0 Å². The van der Waals surface area contributed by atoms with Crippen molar-refractivity contribution in [2.75, 3.05) is 9.80 Å². The molecule has 0 saturated carbocycles. The molecule has 0 aromatic heterocycles. The minimum Gasteiger partial charge on any atom is -0.310 e. The molecule has 0 N–H and O–H groups in total. The monoisotopic (exact) mass is 852 g/mol. The highest BCUT2D eigenvalue weighted by Crippen LogP contribution is 2.61. The minimum atomic E-state index is -0.695. The third-order valence-electron chi connectivity index (χ3n) is 13.5. The highest BCUT2D eigenvalue weighted by molar-refractivity contribution is 6.20. The first-order valence-corrected chi connectivity index (χ1v) is 22.5. The predicted molar refractivity (Wildman–Crippen MR) is 275 cm³/mol. The molecule has 0 amide bonds. The van der Waals surface area contributed by atoms with Crippen LogP contribution in [0.4, 0.5) is 34.1 Å². The highest BCUT2D eigenvalue weighted by atomic mass is 15.1. The summed E-state index contributed by atoms with van der Waals surface area (Å²) in [6.07, 6.45) is 0. The molecule has 67 heavy (non-hydrogen) atoms. The molecule has 1 aliphatic carbocycles. The van der Waals surface area contributed by atoms with E-state index in [9.17, 15) is 10.5 Å². The van der Waals surface area contributed by atoms with Crippen molar-refractivity contribution in [2.45, 2.75) is 5.41 Å². The van der Waals surface area contributed by atoms with Crippen molar-refractivity contribution in [3.63, 3.8) is 0 Å². The fraction of sp³-hybridized carbons (Fsp3) is 0.0159. The molecule has 0 radical (unpaired) electrons. The maximum Gasteiger partial charge on any atom is 0.0991 e. The Morgan fingerprint density at radius 3 is 1.31 bits per heavy atom. The number of benzene rings is 11. The molecule has 0 heterocycles. The van der Waals surface area contributed by atoms with Gasteiger partial charge in [0.2, 0.25) is 0 Å². The summed E-state index contributed by atoms with van der Waals surface area (Å²) in [4.78, 5) is 4.54. The van der Waals surface area contributed by atoms with Crippen LogP contribution in [0.25, 0.3) is 43.4 Å². The Labute approximate surface area is 389 Å². The van der Waals surface area contributed by atoms with Crippen molar-refractivity contribution in [1.29, 1.82) is 10.5 Å². The molecule has 11 aromatic carbocycles. The molecule has 0 saturated heterocycles. The SMILES string of the molecule is N#Cc1ccc(N(c2ccccc2)c2ccc3cc4c(cc3c2)C(c2ccccc2)(c2ccccc2)c2c-4c3ccccc3c3cc(N(c4ccccc4)c4ccc(C#N)cc4)ccc23)cc1. The van der Waals surface area contributed by atoms with Gasteiger partial charge in [-0.2, -0.15) is 10.5 Å². The van der Waals surface area contributed by atoms with Gasteiger partial charge in [-0.1, -0.05) is 133 Å². The van der Waals surface area contributed by atoms with Crippen molar-refractivity contribution < 1.29 is 0 Å². The Kier molecular flexibility index (Phi) is 9.46. The largest absolute Gasteiger partial charge is 0.310 e. The van der Waals surface area contributed by atoms with E-state index >= 15 is 0 Å². The lowest BCUT2D eigenvalue weighted by Gasteiger charge is -2.35. The molecule has 4 nitrogen and oxygen atoms in total. The number of para-hydroxylation sites is 2. The zero-order valence-corrected chi connectivity index (χ0v) is 36.4. The quantitative estimate of drug-likeness (QED) is 0.143. The zero-order chi connectivity index (χ0) is 44.9.